The normalized spacial score (nSPS) is 14.5. The third-order valence-electron chi connectivity index (χ3n) is 4.95. The van der Waals surface area contributed by atoms with E-state index in [1.807, 2.05) is 49.4 Å². The van der Waals surface area contributed by atoms with E-state index in [0.29, 0.717) is 24.7 Å². The van der Waals surface area contributed by atoms with Crippen LogP contribution in [0.5, 0.6) is 0 Å². The first-order valence-corrected chi connectivity index (χ1v) is 9.48. The fourth-order valence-corrected chi connectivity index (χ4v) is 3.94. The Kier molecular flexibility index (Phi) is 5.05. The maximum absolute atomic E-state index is 12.8. The van der Waals surface area contributed by atoms with Crippen molar-refractivity contribution in [3.05, 3.63) is 58.7 Å². The first kappa shape index (κ1) is 17.9. The number of hydrogen-bond acceptors (Lipinski definition) is 3. The summed E-state index contributed by atoms with van der Waals surface area (Å²) in [6.07, 6.45) is 0.310. The number of H-pyrrole nitrogens is 1. The molecule has 1 aliphatic heterocycles. The van der Waals surface area contributed by atoms with Crippen molar-refractivity contribution in [2.75, 3.05) is 36.5 Å². The quantitative estimate of drug-likeness (QED) is 0.711. The minimum Gasteiger partial charge on any atom is -0.378 e. The number of nitrogens with one attached hydrogen (secondary N) is 2. The van der Waals surface area contributed by atoms with E-state index < -0.39 is 0 Å². The lowest BCUT2D eigenvalue weighted by atomic mass is 10.1. The number of morpholine rings is 1. The first-order valence-electron chi connectivity index (χ1n) is 9.10. The molecule has 2 N–H and O–H groups in total. The topological polar surface area (TPSA) is 57.4 Å². The molecule has 0 saturated carbocycles. The summed E-state index contributed by atoms with van der Waals surface area (Å²) < 4.78 is 5.43. The van der Waals surface area contributed by atoms with Gasteiger partial charge in [-0.15, -0.1) is 0 Å². The van der Waals surface area contributed by atoms with E-state index in [-0.39, 0.29) is 5.91 Å². The van der Waals surface area contributed by atoms with Gasteiger partial charge in [-0.05, 0) is 30.7 Å². The van der Waals surface area contributed by atoms with Gasteiger partial charge in [0.25, 0.3) is 0 Å². The van der Waals surface area contributed by atoms with Gasteiger partial charge in [0.15, 0.2) is 0 Å². The first-order chi connectivity index (χ1) is 13.1. The molecule has 2 aromatic carbocycles. The van der Waals surface area contributed by atoms with Crippen molar-refractivity contribution in [2.45, 2.75) is 13.3 Å². The Bertz CT molecular complexity index is 977. The molecule has 1 amide bonds. The summed E-state index contributed by atoms with van der Waals surface area (Å²) in [4.78, 5) is 18.3. The van der Waals surface area contributed by atoms with E-state index in [1.165, 1.54) is 0 Å². The third kappa shape index (κ3) is 3.66. The molecule has 5 nitrogen and oxygen atoms in total. The second kappa shape index (κ2) is 7.62. The molecule has 1 aromatic heterocycles. The third-order valence-corrected chi connectivity index (χ3v) is 5.26. The Balaban J connectivity index is 1.58. The van der Waals surface area contributed by atoms with Gasteiger partial charge in [-0.25, -0.2) is 0 Å². The van der Waals surface area contributed by atoms with Gasteiger partial charge in [0.1, 0.15) is 0 Å². The molecular weight excluding hydrogens is 362 g/mol. The molecule has 0 unspecified atom stereocenters. The monoisotopic (exact) mass is 383 g/mol. The number of aryl methyl sites for hydroxylation is 1. The van der Waals surface area contributed by atoms with Crippen LogP contribution in [0.3, 0.4) is 0 Å². The second-order valence-electron chi connectivity index (χ2n) is 6.73. The average molecular weight is 384 g/mol. The van der Waals surface area contributed by atoms with Crippen LogP contribution < -0.4 is 10.2 Å². The molecule has 1 aliphatic rings. The van der Waals surface area contributed by atoms with Crippen LogP contribution in [0.4, 0.5) is 11.4 Å². The van der Waals surface area contributed by atoms with Gasteiger partial charge in [-0.1, -0.05) is 35.9 Å². The van der Waals surface area contributed by atoms with Crippen LogP contribution in [0, 0.1) is 6.92 Å². The fourth-order valence-electron chi connectivity index (χ4n) is 3.64. The van der Waals surface area contributed by atoms with Crippen LogP contribution in [0.1, 0.15) is 11.3 Å². The van der Waals surface area contributed by atoms with Gasteiger partial charge in [0.05, 0.1) is 36.0 Å². The Morgan fingerprint density at radius 1 is 1.19 bits per heavy atom. The minimum atomic E-state index is -0.0559. The van der Waals surface area contributed by atoms with E-state index in [1.54, 1.807) is 0 Å². The van der Waals surface area contributed by atoms with Gasteiger partial charge in [-0.2, -0.15) is 0 Å². The van der Waals surface area contributed by atoms with Crippen LogP contribution in [0.25, 0.3) is 10.9 Å². The van der Waals surface area contributed by atoms with Gasteiger partial charge in [-0.3, -0.25) is 4.79 Å². The molecule has 0 atom stereocenters. The molecule has 0 spiro atoms. The molecule has 2 heterocycles. The predicted octanol–water partition coefficient (Wildman–Crippen LogP) is 4.15. The molecular formula is C21H22ClN3O2. The molecule has 140 valence electrons. The summed E-state index contributed by atoms with van der Waals surface area (Å²) in [6.45, 7) is 4.84. The number of rotatable bonds is 4. The van der Waals surface area contributed by atoms with Gasteiger partial charge in [0, 0.05) is 29.7 Å². The minimum absolute atomic E-state index is 0.0559. The average Bonchev–Trinajstić information content (AvgIpc) is 2.98. The van der Waals surface area contributed by atoms with Crippen molar-refractivity contribution in [1.29, 1.82) is 0 Å². The van der Waals surface area contributed by atoms with Gasteiger partial charge >= 0.3 is 0 Å². The lowest BCUT2D eigenvalue weighted by Gasteiger charge is -2.31. The number of hydrogen-bond donors (Lipinski definition) is 2. The van der Waals surface area contributed by atoms with Crippen molar-refractivity contribution in [3.8, 4) is 0 Å². The summed E-state index contributed by atoms with van der Waals surface area (Å²) in [5.41, 5.74) is 4.71. The number of amides is 1. The predicted molar refractivity (Wildman–Crippen MR) is 110 cm³/mol. The number of benzene rings is 2. The molecule has 3 aromatic rings. The van der Waals surface area contributed by atoms with E-state index in [2.05, 4.69) is 15.2 Å². The molecule has 1 saturated heterocycles. The van der Waals surface area contributed by atoms with E-state index in [4.69, 9.17) is 16.3 Å². The highest BCUT2D eigenvalue weighted by Crippen LogP contribution is 2.34. The number of carbonyl (C=O) groups excluding carboxylic acids is 1. The van der Waals surface area contributed by atoms with Crippen LogP contribution in [-0.2, 0) is 16.0 Å². The summed E-state index contributed by atoms with van der Waals surface area (Å²) in [5.74, 6) is -0.0559. The molecule has 1 fully saturated rings. The maximum Gasteiger partial charge on any atom is 0.228 e. The molecule has 4 rings (SSSR count). The van der Waals surface area contributed by atoms with E-state index in [9.17, 15) is 4.79 Å². The molecule has 27 heavy (non-hydrogen) atoms. The lowest BCUT2D eigenvalue weighted by molar-refractivity contribution is -0.115. The van der Waals surface area contributed by atoms with Gasteiger partial charge < -0.3 is 19.9 Å². The SMILES string of the molecule is Cc1[nH]c2ccccc2c1CC(=O)Nc1cccc(Cl)c1N1CCOCC1. The number of aromatic amines is 1. The van der Waals surface area contributed by atoms with Crippen LogP contribution in [0.2, 0.25) is 5.02 Å². The highest BCUT2D eigenvalue weighted by molar-refractivity contribution is 6.34. The number of nitrogens with zero attached hydrogens (tertiary/aromatic N) is 1. The smallest absolute Gasteiger partial charge is 0.228 e. The fraction of sp³-hybridized carbons (Fsp3) is 0.286. The highest BCUT2D eigenvalue weighted by atomic mass is 35.5. The molecule has 0 radical (unpaired) electrons. The number of carbonyl (C=O) groups is 1. The summed E-state index contributed by atoms with van der Waals surface area (Å²) in [7, 11) is 0. The van der Waals surface area contributed by atoms with Crippen LogP contribution >= 0.6 is 11.6 Å². The number of ether oxygens (including phenoxy) is 1. The number of fused-ring (bicyclic) bond motifs is 1. The second-order valence-corrected chi connectivity index (χ2v) is 7.14. The van der Waals surface area contributed by atoms with E-state index in [0.717, 1.165) is 46.6 Å². The number of halogens is 1. The number of aromatic nitrogens is 1. The molecule has 6 heteroatoms. The highest BCUT2D eigenvalue weighted by Gasteiger charge is 2.20. The standard InChI is InChI=1S/C21H22ClN3O2/c1-14-16(15-5-2-3-7-18(15)23-14)13-20(26)24-19-8-4-6-17(22)21(19)25-9-11-27-12-10-25/h2-8,23H,9-13H2,1H3,(H,24,26). The van der Waals surface area contributed by atoms with Crippen LogP contribution in [-0.4, -0.2) is 37.2 Å². The summed E-state index contributed by atoms with van der Waals surface area (Å²) >= 11 is 6.45. The largest absolute Gasteiger partial charge is 0.378 e. The van der Waals surface area contributed by atoms with Crippen molar-refractivity contribution < 1.29 is 9.53 Å². The van der Waals surface area contributed by atoms with Crippen LogP contribution in [0.15, 0.2) is 42.5 Å². The Hall–Kier alpha value is -2.50. The molecule has 0 bridgehead atoms. The van der Waals surface area contributed by atoms with Crippen molar-refractivity contribution in [2.24, 2.45) is 0 Å². The summed E-state index contributed by atoms with van der Waals surface area (Å²) in [5, 5.41) is 4.78. The maximum atomic E-state index is 12.8. The number of para-hydroxylation sites is 2. The zero-order valence-corrected chi connectivity index (χ0v) is 16.0. The molecule has 0 aliphatic carbocycles. The summed E-state index contributed by atoms with van der Waals surface area (Å²) in [6, 6.07) is 13.7. The Labute approximate surface area is 163 Å². The van der Waals surface area contributed by atoms with Crippen molar-refractivity contribution in [3.63, 3.8) is 0 Å². The van der Waals surface area contributed by atoms with Crippen molar-refractivity contribution >= 4 is 39.8 Å². The zero-order valence-electron chi connectivity index (χ0n) is 15.2. The lowest BCUT2D eigenvalue weighted by Crippen LogP contribution is -2.37. The van der Waals surface area contributed by atoms with E-state index >= 15 is 0 Å². The zero-order chi connectivity index (χ0) is 18.8. The Morgan fingerprint density at radius 2 is 1.96 bits per heavy atom. The van der Waals surface area contributed by atoms with Gasteiger partial charge in [0.2, 0.25) is 5.91 Å². The number of anilines is 2. The Morgan fingerprint density at radius 3 is 2.78 bits per heavy atom. The van der Waals surface area contributed by atoms with Crippen molar-refractivity contribution in [1.82, 2.24) is 4.98 Å².